The van der Waals surface area contributed by atoms with Crippen molar-refractivity contribution in [2.75, 3.05) is 17.3 Å². The third-order valence-corrected chi connectivity index (χ3v) is 7.47. The van der Waals surface area contributed by atoms with E-state index >= 15 is 0 Å². The number of fused-ring (bicyclic) bond motifs is 1. The number of nitrogens with one attached hydrogen (secondary N) is 1. The Labute approximate surface area is 223 Å². The molecule has 0 radical (unpaired) electrons. The summed E-state index contributed by atoms with van der Waals surface area (Å²) in [5.41, 5.74) is 4.86. The summed E-state index contributed by atoms with van der Waals surface area (Å²) in [6, 6.07) is 22.6. The molecule has 1 amide bonds. The molecule has 0 unspecified atom stereocenters. The number of benzene rings is 3. The third-order valence-electron chi connectivity index (χ3n) is 7.13. The number of rotatable bonds is 5. The number of hydrogen-bond acceptors (Lipinski definition) is 4. The van der Waals surface area contributed by atoms with Gasteiger partial charge in [0.15, 0.2) is 5.78 Å². The lowest BCUT2D eigenvalue weighted by molar-refractivity contribution is -0.119. The summed E-state index contributed by atoms with van der Waals surface area (Å²) >= 11 is 6.74. The van der Waals surface area contributed by atoms with Crippen molar-refractivity contribution in [2.24, 2.45) is 5.92 Å². The van der Waals surface area contributed by atoms with Crippen LogP contribution in [0.4, 0.5) is 11.4 Å². The molecule has 0 aromatic heterocycles. The van der Waals surface area contributed by atoms with Gasteiger partial charge in [-0.15, -0.1) is 0 Å². The van der Waals surface area contributed by atoms with E-state index in [-0.39, 0.29) is 23.5 Å². The normalized spacial score (nSPS) is 19.2. The molecule has 0 saturated heterocycles. The molecule has 5 rings (SSSR count). The summed E-state index contributed by atoms with van der Waals surface area (Å²) in [6.07, 6.45) is 1.37. The lowest BCUT2D eigenvalue weighted by Crippen LogP contribution is -2.39. The van der Waals surface area contributed by atoms with Gasteiger partial charge in [-0.1, -0.05) is 67.9 Å². The minimum absolute atomic E-state index is 0.0154. The van der Waals surface area contributed by atoms with Gasteiger partial charge < -0.3 is 10.1 Å². The number of anilines is 2. The number of allylic oxidation sites excluding steroid dienone is 1. The highest BCUT2D eigenvalue weighted by atomic mass is 35.5. The van der Waals surface area contributed by atoms with Crippen molar-refractivity contribution in [3.8, 4) is 5.75 Å². The molecule has 0 spiro atoms. The molecule has 37 heavy (non-hydrogen) atoms. The van der Waals surface area contributed by atoms with Crippen LogP contribution in [0.15, 0.2) is 84.1 Å². The van der Waals surface area contributed by atoms with Crippen LogP contribution in [-0.4, -0.2) is 18.8 Å². The maximum absolute atomic E-state index is 14.0. The number of ether oxygens (including phenoxy) is 1. The van der Waals surface area contributed by atoms with Crippen molar-refractivity contribution in [3.05, 3.63) is 100 Å². The molecule has 0 bridgehead atoms. The average molecular weight is 515 g/mol. The van der Waals surface area contributed by atoms with Crippen LogP contribution in [0.5, 0.6) is 5.75 Å². The zero-order valence-electron chi connectivity index (χ0n) is 21.3. The van der Waals surface area contributed by atoms with Gasteiger partial charge in [-0.25, -0.2) is 0 Å². The van der Waals surface area contributed by atoms with Gasteiger partial charge in [0.2, 0.25) is 5.91 Å². The minimum Gasteiger partial charge on any atom is -0.497 e. The molecule has 6 heteroatoms. The van der Waals surface area contributed by atoms with Gasteiger partial charge in [0.25, 0.3) is 0 Å². The molecular formula is C31H31ClN2O3. The van der Waals surface area contributed by atoms with Crippen LogP contribution < -0.4 is 15.0 Å². The zero-order valence-corrected chi connectivity index (χ0v) is 22.1. The van der Waals surface area contributed by atoms with Crippen molar-refractivity contribution >= 4 is 34.7 Å². The van der Waals surface area contributed by atoms with Crippen molar-refractivity contribution in [3.63, 3.8) is 0 Å². The fourth-order valence-electron chi connectivity index (χ4n) is 5.42. The first-order chi connectivity index (χ1) is 17.9. The Morgan fingerprint density at radius 2 is 1.73 bits per heavy atom. The second-order valence-corrected chi connectivity index (χ2v) is 10.5. The first-order valence-electron chi connectivity index (χ1n) is 12.7. The number of para-hydroxylation sites is 2. The summed E-state index contributed by atoms with van der Waals surface area (Å²) in [4.78, 5) is 29.7. The van der Waals surface area contributed by atoms with Crippen LogP contribution >= 0.6 is 11.6 Å². The number of amides is 1. The fourth-order valence-corrected chi connectivity index (χ4v) is 5.65. The van der Waals surface area contributed by atoms with Gasteiger partial charge >= 0.3 is 0 Å². The SMILES string of the molecule is COc1ccc([C@H]2CC(=O)C3=C(C2)Nc2ccccc2N(C(=O)CC(C)C)[C@H]3c2ccccc2Cl)cc1. The largest absolute Gasteiger partial charge is 0.497 e. The van der Waals surface area contributed by atoms with Crippen LogP contribution in [-0.2, 0) is 9.59 Å². The van der Waals surface area contributed by atoms with E-state index in [9.17, 15) is 9.59 Å². The number of hydrogen-bond donors (Lipinski definition) is 1. The summed E-state index contributed by atoms with van der Waals surface area (Å²) in [7, 11) is 1.64. The third kappa shape index (κ3) is 4.88. The Balaban J connectivity index is 1.68. The molecule has 190 valence electrons. The lowest BCUT2D eigenvalue weighted by Gasteiger charge is -2.36. The predicted octanol–water partition coefficient (Wildman–Crippen LogP) is 7.30. The van der Waals surface area contributed by atoms with E-state index in [2.05, 4.69) is 5.32 Å². The number of methoxy groups -OCH3 is 1. The first-order valence-corrected chi connectivity index (χ1v) is 13.1. The molecule has 1 aliphatic heterocycles. The van der Waals surface area contributed by atoms with Gasteiger partial charge in [-0.2, -0.15) is 0 Å². The predicted molar refractivity (Wildman–Crippen MR) is 148 cm³/mol. The summed E-state index contributed by atoms with van der Waals surface area (Å²) in [6.45, 7) is 4.06. The maximum atomic E-state index is 14.0. The van der Waals surface area contributed by atoms with E-state index < -0.39 is 6.04 Å². The van der Waals surface area contributed by atoms with Crippen LogP contribution in [0.1, 0.15) is 56.2 Å². The van der Waals surface area contributed by atoms with E-state index in [1.807, 2.05) is 86.6 Å². The second kappa shape index (κ2) is 10.4. The highest BCUT2D eigenvalue weighted by Gasteiger charge is 2.42. The molecule has 1 aliphatic carbocycles. The first kappa shape index (κ1) is 25.1. The Bertz CT molecular complexity index is 1360. The highest BCUT2D eigenvalue weighted by molar-refractivity contribution is 6.31. The van der Waals surface area contributed by atoms with Crippen LogP contribution in [0.2, 0.25) is 5.02 Å². The maximum Gasteiger partial charge on any atom is 0.228 e. The summed E-state index contributed by atoms with van der Waals surface area (Å²) in [5, 5.41) is 4.10. The lowest BCUT2D eigenvalue weighted by atomic mass is 9.78. The molecule has 5 nitrogen and oxygen atoms in total. The molecule has 1 heterocycles. The number of carbonyl (C=O) groups is 2. The highest BCUT2D eigenvalue weighted by Crippen LogP contribution is 2.48. The standard InChI is InChI=1S/C31H31ClN2O3/c1-19(2)16-29(36)34-27-11-7-6-10-25(27)33-26-17-21(20-12-14-22(37-3)15-13-20)18-28(35)30(26)31(34)23-8-4-5-9-24(23)32/h4-15,19,21,31,33H,16-18H2,1-3H3/t21-,31+/m1/s1. The van der Waals surface area contributed by atoms with Crippen LogP contribution in [0.25, 0.3) is 0 Å². The van der Waals surface area contributed by atoms with Crippen molar-refractivity contribution in [1.82, 2.24) is 0 Å². The van der Waals surface area contributed by atoms with E-state index in [1.165, 1.54) is 0 Å². The van der Waals surface area contributed by atoms with E-state index in [1.54, 1.807) is 12.0 Å². The monoisotopic (exact) mass is 514 g/mol. The Kier molecular flexibility index (Phi) is 7.07. The van der Waals surface area contributed by atoms with Gasteiger partial charge in [0.05, 0.1) is 24.5 Å². The molecule has 0 fully saturated rings. The summed E-state index contributed by atoms with van der Waals surface area (Å²) in [5.74, 6) is 0.951. The average Bonchev–Trinajstić information content (AvgIpc) is 3.03. The summed E-state index contributed by atoms with van der Waals surface area (Å²) < 4.78 is 5.32. The topological polar surface area (TPSA) is 58.6 Å². The Morgan fingerprint density at radius 1 is 1.03 bits per heavy atom. The number of nitrogens with zero attached hydrogens (tertiary/aromatic N) is 1. The quantitative estimate of drug-likeness (QED) is 0.388. The molecule has 3 aromatic rings. The molecule has 2 aliphatic rings. The van der Waals surface area contributed by atoms with E-state index in [0.29, 0.717) is 29.9 Å². The van der Waals surface area contributed by atoms with Crippen molar-refractivity contribution < 1.29 is 14.3 Å². The Morgan fingerprint density at radius 3 is 2.43 bits per heavy atom. The van der Waals surface area contributed by atoms with Gasteiger partial charge in [-0.3, -0.25) is 14.5 Å². The van der Waals surface area contributed by atoms with Crippen molar-refractivity contribution in [1.29, 1.82) is 0 Å². The molecule has 0 saturated carbocycles. The molecule has 1 N–H and O–H groups in total. The number of Topliss-reactive ketones (excluding diaryl/α,β-unsaturated/α-hetero) is 1. The second-order valence-electron chi connectivity index (χ2n) is 10.1. The van der Waals surface area contributed by atoms with Crippen molar-refractivity contribution in [2.45, 2.75) is 45.1 Å². The molecule has 2 atom stereocenters. The Hall–Kier alpha value is -3.57. The van der Waals surface area contributed by atoms with E-state index in [0.717, 1.165) is 33.9 Å². The smallest absolute Gasteiger partial charge is 0.228 e. The number of halogens is 1. The number of carbonyl (C=O) groups excluding carboxylic acids is 2. The van der Waals surface area contributed by atoms with Gasteiger partial charge in [0.1, 0.15) is 5.75 Å². The zero-order chi connectivity index (χ0) is 26.1. The number of ketones is 1. The molecular weight excluding hydrogens is 484 g/mol. The van der Waals surface area contributed by atoms with Gasteiger partial charge in [0, 0.05) is 29.1 Å². The van der Waals surface area contributed by atoms with Gasteiger partial charge in [-0.05, 0) is 59.7 Å². The van der Waals surface area contributed by atoms with E-state index in [4.69, 9.17) is 16.3 Å². The molecule has 3 aromatic carbocycles. The van der Waals surface area contributed by atoms with Crippen LogP contribution in [0, 0.1) is 5.92 Å². The fraction of sp³-hybridized carbons (Fsp3) is 0.290. The minimum atomic E-state index is -0.615. The van der Waals surface area contributed by atoms with Crippen LogP contribution in [0.3, 0.4) is 0 Å².